The molecule has 3 heterocycles. The van der Waals surface area contributed by atoms with Gasteiger partial charge in [-0.25, -0.2) is 4.39 Å². The number of nitrogens with zero attached hydrogens (tertiary/aromatic N) is 6. The number of aromatic nitrogens is 2. The molecular formula is C31H36ClFN6O2. The molecule has 0 N–H and O–H groups in total. The highest BCUT2D eigenvalue weighted by molar-refractivity contribution is 6.31. The number of hydrogen-bond acceptors (Lipinski definition) is 7. The molecule has 1 spiro atoms. The molecule has 10 heteroatoms. The lowest BCUT2D eigenvalue weighted by Crippen LogP contribution is -2.55. The van der Waals surface area contributed by atoms with Crippen LogP contribution in [0.15, 0.2) is 30.6 Å². The minimum atomic E-state index is -1.00. The standard InChI is InChI=1S/C31H36ClFN6O2/c1-20(33)29(40)39-15-14-38(18-22(39)8-12-34)28-24-7-11-31(10-6-23-25(31)4-3-5-26(23)32)16-27(24)35-30(36-28)41-19-21-9-13-37(2)17-21/h3-5,21-22H,1,6-11,13-19H2,2H3/t21-,22+,31+/m1/s1. The van der Waals surface area contributed by atoms with Crippen LogP contribution in [0.5, 0.6) is 6.01 Å². The van der Waals surface area contributed by atoms with Crippen LogP contribution in [-0.4, -0.2) is 78.1 Å². The van der Waals surface area contributed by atoms with Crippen molar-refractivity contribution in [3.05, 3.63) is 58.0 Å². The highest BCUT2D eigenvalue weighted by Gasteiger charge is 2.44. The Balaban J connectivity index is 1.33. The molecule has 216 valence electrons. The lowest BCUT2D eigenvalue weighted by Gasteiger charge is -2.42. The van der Waals surface area contributed by atoms with E-state index in [-0.39, 0.29) is 18.4 Å². The number of benzene rings is 1. The molecule has 8 nitrogen and oxygen atoms in total. The first kappa shape index (κ1) is 27.9. The summed E-state index contributed by atoms with van der Waals surface area (Å²) in [7, 11) is 2.12. The molecular weight excluding hydrogens is 543 g/mol. The predicted molar refractivity (Wildman–Crippen MR) is 155 cm³/mol. The SMILES string of the molecule is C=C(F)C(=O)N1CCN(c2nc(OC[C@@H]3CCN(C)C3)nc3c2CC[C@@]2(CCc4c(Cl)cccc42)C3)C[C@@H]1CC#N. The van der Waals surface area contributed by atoms with Gasteiger partial charge in [-0.2, -0.15) is 15.2 Å². The number of nitriles is 1. The van der Waals surface area contributed by atoms with Crippen molar-refractivity contribution in [2.24, 2.45) is 5.92 Å². The van der Waals surface area contributed by atoms with Crippen LogP contribution < -0.4 is 9.64 Å². The number of carbonyl (C=O) groups excluding carboxylic acids is 1. The van der Waals surface area contributed by atoms with Crippen molar-refractivity contribution in [3.8, 4) is 12.1 Å². The van der Waals surface area contributed by atoms with E-state index < -0.39 is 17.8 Å². The molecule has 1 amide bonds. The van der Waals surface area contributed by atoms with E-state index in [0.29, 0.717) is 31.6 Å². The fourth-order valence-corrected chi connectivity index (χ4v) is 7.62. The van der Waals surface area contributed by atoms with Gasteiger partial charge >= 0.3 is 6.01 Å². The average Bonchev–Trinajstić information content (AvgIpc) is 3.55. The summed E-state index contributed by atoms with van der Waals surface area (Å²) < 4.78 is 20.0. The number of carbonyl (C=O) groups is 1. The molecule has 2 aliphatic carbocycles. The van der Waals surface area contributed by atoms with Crippen molar-refractivity contribution >= 4 is 23.3 Å². The van der Waals surface area contributed by atoms with E-state index in [9.17, 15) is 14.4 Å². The Bertz CT molecular complexity index is 1410. The number of amides is 1. The Hall–Kier alpha value is -3.22. The number of ether oxygens (including phenoxy) is 1. The normalized spacial score (nSPS) is 25.6. The van der Waals surface area contributed by atoms with E-state index >= 15 is 0 Å². The van der Waals surface area contributed by atoms with Gasteiger partial charge in [0.05, 0.1) is 30.8 Å². The first-order valence-electron chi connectivity index (χ1n) is 14.5. The maximum atomic E-state index is 13.8. The number of halogens is 2. The van der Waals surface area contributed by atoms with Crippen LogP contribution in [0.1, 0.15) is 48.1 Å². The highest BCUT2D eigenvalue weighted by Crippen LogP contribution is 2.50. The number of hydrogen-bond donors (Lipinski definition) is 0. The predicted octanol–water partition coefficient (Wildman–Crippen LogP) is 4.25. The Kier molecular flexibility index (Phi) is 7.64. The largest absolute Gasteiger partial charge is 0.463 e. The van der Waals surface area contributed by atoms with E-state index in [4.69, 9.17) is 26.3 Å². The summed E-state index contributed by atoms with van der Waals surface area (Å²) >= 11 is 6.60. The van der Waals surface area contributed by atoms with Crippen LogP contribution in [-0.2, 0) is 29.5 Å². The zero-order valence-corrected chi connectivity index (χ0v) is 24.3. The van der Waals surface area contributed by atoms with Crippen molar-refractivity contribution in [2.75, 3.05) is 51.3 Å². The van der Waals surface area contributed by atoms with Gasteiger partial charge in [-0.3, -0.25) is 4.79 Å². The molecule has 0 radical (unpaired) electrons. The van der Waals surface area contributed by atoms with Crippen LogP contribution in [0.3, 0.4) is 0 Å². The Morgan fingerprint density at radius 2 is 2.02 bits per heavy atom. The zero-order chi connectivity index (χ0) is 28.7. The van der Waals surface area contributed by atoms with Gasteiger partial charge < -0.3 is 19.4 Å². The highest BCUT2D eigenvalue weighted by atomic mass is 35.5. The molecule has 2 aromatic rings. The Labute approximate surface area is 245 Å². The van der Waals surface area contributed by atoms with E-state index in [0.717, 1.165) is 73.7 Å². The second-order valence-electron chi connectivity index (χ2n) is 12.1. The third kappa shape index (κ3) is 5.28. The lowest BCUT2D eigenvalue weighted by molar-refractivity contribution is -0.131. The quantitative estimate of drug-likeness (QED) is 0.474. The minimum Gasteiger partial charge on any atom is -0.463 e. The Morgan fingerprint density at radius 3 is 2.76 bits per heavy atom. The monoisotopic (exact) mass is 578 g/mol. The number of fused-ring (bicyclic) bond motifs is 3. The van der Waals surface area contributed by atoms with Gasteiger partial charge in [0.1, 0.15) is 5.82 Å². The smallest absolute Gasteiger partial charge is 0.318 e. The van der Waals surface area contributed by atoms with E-state index in [1.807, 2.05) is 12.1 Å². The van der Waals surface area contributed by atoms with Gasteiger partial charge in [-0.05, 0) is 69.3 Å². The molecule has 0 unspecified atom stereocenters. The number of rotatable bonds is 6. The number of likely N-dealkylation sites (tertiary alicyclic amines) is 1. The van der Waals surface area contributed by atoms with Crippen LogP contribution in [0.25, 0.3) is 0 Å². The summed E-state index contributed by atoms with van der Waals surface area (Å²) in [5, 5.41) is 10.3. The first-order chi connectivity index (χ1) is 19.8. The lowest BCUT2D eigenvalue weighted by atomic mass is 9.69. The van der Waals surface area contributed by atoms with Crippen LogP contribution in [0.2, 0.25) is 5.02 Å². The molecule has 2 saturated heterocycles. The third-order valence-corrected chi connectivity index (χ3v) is 9.85. The first-order valence-corrected chi connectivity index (χ1v) is 14.9. The minimum absolute atomic E-state index is 0.0137. The van der Waals surface area contributed by atoms with Gasteiger partial charge in [0, 0.05) is 48.1 Å². The second kappa shape index (κ2) is 11.2. The summed E-state index contributed by atoms with van der Waals surface area (Å²) in [4.78, 5) is 28.3. The van der Waals surface area contributed by atoms with E-state index in [1.54, 1.807) is 0 Å². The van der Waals surface area contributed by atoms with Crippen molar-refractivity contribution in [1.29, 1.82) is 5.26 Å². The molecule has 41 heavy (non-hydrogen) atoms. The molecule has 2 aliphatic heterocycles. The van der Waals surface area contributed by atoms with Crippen molar-refractivity contribution in [3.63, 3.8) is 0 Å². The van der Waals surface area contributed by atoms with Crippen molar-refractivity contribution in [1.82, 2.24) is 19.8 Å². The molecule has 6 rings (SSSR count). The van der Waals surface area contributed by atoms with E-state index in [1.165, 1.54) is 16.0 Å². The third-order valence-electron chi connectivity index (χ3n) is 9.49. The molecule has 3 atom stereocenters. The van der Waals surface area contributed by atoms with Crippen molar-refractivity contribution in [2.45, 2.75) is 56.4 Å². The number of piperazine rings is 1. The maximum absolute atomic E-state index is 13.8. The average molecular weight is 579 g/mol. The van der Waals surface area contributed by atoms with Gasteiger partial charge in [-0.15, -0.1) is 0 Å². The summed E-state index contributed by atoms with van der Waals surface area (Å²) in [5.74, 6) is -0.513. The number of anilines is 1. The Morgan fingerprint density at radius 1 is 1.22 bits per heavy atom. The fraction of sp³-hybridized carbons (Fsp3) is 0.548. The molecule has 0 bridgehead atoms. The topological polar surface area (TPSA) is 85.6 Å². The molecule has 4 aliphatic rings. The molecule has 2 fully saturated rings. The van der Waals surface area contributed by atoms with E-state index in [2.05, 4.69) is 35.6 Å². The molecule has 1 aromatic carbocycles. The van der Waals surface area contributed by atoms with Crippen molar-refractivity contribution < 1.29 is 13.9 Å². The fourth-order valence-electron chi connectivity index (χ4n) is 7.35. The second-order valence-corrected chi connectivity index (χ2v) is 12.5. The maximum Gasteiger partial charge on any atom is 0.318 e. The molecule has 1 aromatic heterocycles. The summed E-state index contributed by atoms with van der Waals surface area (Å²) in [6, 6.07) is 8.32. The summed E-state index contributed by atoms with van der Waals surface area (Å²) in [6.45, 7) is 6.93. The van der Waals surface area contributed by atoms with Crippen LogP contribution >= 0.6 is 11.6 Å². The van der Waals surface area contributed by atoms with Gasteiger partial charge in [0.2, 0.25) is 0 Å². The zero-order valence-electron chi connectivity index (χ0n) is 23.5. The van der Waals surface area contributed by atoms with Gasteiger partial charge in [0.25, 0.3) is 5.91 Å². The molecule has 0 saturated carbocycles. The summed E-state index contributed by atoms with van der Waals surface area (Å²) in [5.41, 5.74) is 4.67. The van der Waals surface area contributed by atoms with Gasteiger partial charge in [-0.1, -0.05) is 30.3 Å². The van der Waals surface area contributed by atoms with Crippen LogP contribution in [0, 0.1) is 17.2 Å². The van der Waals surface area contributed by atoms with Crippen LogP contribution in [0.4, 0.5) is 10.2 Å². The summed E-state index contributed by atoms with van der Waals surface area (Å²) in [6.07, 6.45) is 5.76. The van der Waals surface area contributed by atoms with Gasteiger partial charge in [0.15, 0.2) is 5.83 Å².